The minimum absolute atomic E-state index is 0.451. The molecule has 0 amide bonds. The Morgan fingerprint density at radius 2 is 1.83 bits per heavy atom. The van der Waals surface area contributed by atoms with E-state index in [1.807, 2.05) is 0 Å². The largest absolute Gasteiger partial charge is 0.330 e. The second-order valence-corrected chi connectivity index (χ2v) is 6.15. The van der Waals surface area contributed by atoms with Gasteiger partial charge in [-0.1, -0.05) is 0 Å². The molecule has 0 aromatic carbocycles. The van der Waals surface area contributed by atoms with Crippen LogP contribution in [0.5, 0.6) is 0 Å². The molecule has 70 valence electrons. The van der Waals surface area contributed by atoms with Crippen LogP contribution < -0.4 is 5.73 Å². The molecule has 2 unspecified atom stereocenters. The molecule has 1 saturated carbocycles. The molecule has 2 fully saturated rings. The molecule has 4 heteroatoms. The summed E-state index contributed by atoms with van der Waals surface area (Å²) in [5, 5.41) is 0. The summed E-state index contributed by atoms with van der Waals surface area (Å²) in [6, 6.07) is 0. The summed E-state index contributed by atoms with van der Waals surface area (Å²) >= 11 is 0. The normalized spacial score (nSPS) is 42.6. The first-order valence-electron chi connectivity index (χ1n) is 4.54. The van der Waals surface area contributed by atoms with Gasteiger partial charge < -0.3 is 5.73 Å². The van der Waals surface area contributed by atoms with Crippen molar-refractivity contribution in [3.05, 3.63) is 0 Å². The van der Waals surface area contributed by atoms with E-state index in [2.05, 4.69) is 0 Å². The van der Waals surface area contributed by atoms with Gasteiger partial charge in [0.05, 0.1) is 11.5 Å². The average Bonchev–Trinajstić information content (AvgIpc) is 2.44. The van der Waals surface area contributed by atoms with Crippen molar-refractivity contribution in [1.82, 2.24) is 0 Å². The Morgan fingerprint density at radius 3 is 2.33 bits per heavy atom. The lowest BCUT2D eigenvalue weighted by Crippen LogP contribution is -2.10. The quantitative estimate of drug-likeness (QED) is 0.680. The van der Waals surface area contributed by atoms with E-state index >= 15 is 0 Å². The zero-order chi connectivity index (χ0) is 8.77. The van der Waals surface area contributed by atoms with Crippen LogP contribution in [-0.2, 0) is 9.84 Å². The third kappa shape index (κ3) is 1.38. The van der Waals surface area contributed by atoms with Gasteiger partial charge in [0, 0.05) is 0 Å². The van der Waals surface area contributed by atoms with Crippen molar-refractivity contribution >= 4 is 9.84 Å². The topological polar surface area (TPSA) is 60.2 Å². The van der Waals surface area contributed by atoms with E-state index in [9.17, 15) is 8.42 Å². The Morgan fingerprint density at radius 1 is 1.25 bits per heavy atom. The van der Waals surface area contributed by atoms with E-state index in [1.54, 1.807) is 0 Å². The minimum Gasteiger partial charge on any atom is -0.330 e. The van der Waals surface area contributed by atoms with Gasteiger partial charge in [-0.05, 0) is 37.1 Å². The van der Waals surface area contributed by atoms with Gasteiger partial charge in [-0.25, -0.2) is 8.42 Å². The molecule has 1 aliphatic heterocycles. The summed E-state index contributed by atoms with van der Waals surface area (Å²) < 4.78 is 22.1. The average molecular weight is 189 g/mol. The van der Waals surface area contributed by atoms with Crippen LogP contribution in [0.25, 0.3) is 0 Å². The molecule has 2 N–H and O–H groups in total. The summed E-state index contributed by atoms with van der Waals surface area (Å²) in [5.41, 5.74) is 5.39. The second-order valence-electron chi connectivity index (χ2n) is 4.00. The number of sulfone groups is 1. The van der Waals surface area contributed by atoms with Crippen molar-refractivity contribution in [2.24, 2.45) is 23.5 Å². The summed E-state index contributed by atoms with van der Waals surface area (Å²) in [5.74, 6) is 2.60. The Labute approximate surface area is 73.2 Å². The van der Waals surface area contributed by atoms with Crippen molar-refractivity contribution in [2.75, 3.05) is 18.1 Å². The highest BCUT2D eigenvalue weighted by Crippen LogP contribution is 2.54. The van der Waals surface area contributed by atoms with Crippen LogP contribution in [0, 0.1) is 17.8 Å². The van der Waals surface area contributed by atoms with E-state index in [-0.39, 0.29) is 0 Å². The zero-order valence-corrected chi connectivity index (χ0v) is 7.89. The van der Waals surface area contributed by atoms with Crippen molar-refractivity contribution in [2.45, 2.75) is 12.8 Å². The fourth-order valence-corrected chi connectivity index (χ4v) is 4.75. The number of hydrogen-bond acceptors (Lipinski definition) is 3. The summed E-state index contributed by atoms with van der Waals surface area (Å²) in [6.07, 6.45) is 2.19. The third-order valence-electron chi connectivity index (χ3n) is 3.14. The van der Waals surface area contributed by atoms with E-state index in [4.69, 9.17) is 5.73 Å². The summed E-state index contributed by atoms with van der Waals surface area (Å²) in [7, 11) is -2.63. The lowest BCUT2D eigenvalue weighted by Gasteiger charge is -2.01. The maximum atomic E-state index is 11.1. The molecule has 2 aliphatic rings. The van der Waals surface area contributed by atoms with Crippen molar-refractivity contribution in [1.29, 1.82) is 0 Å². The van der Waals surface area contributed by atoms with Gasteiger partial charge in [0.2, 0.25) is 0 Å². The molecular formula is C8H15NO2S. The van der Waals surface area contributed by atoms with Crippen molar-refractivity contribution < 1.29 is 8.42 Å². The molecule has 1 saturated heterocycles. The molecule has 0 spiro atoms. The standard InChI is InChI=1S/C8H15NO2S/c9-3-1-2-6-7-4-12(10,11)5-8(6)7/h6-8H,1-5,9H2. The number of fused-ring (bicyclic) bond motifs is 1. The van der Waals surface area contributed by atoms with E-state index in [0.717, 1.165) is 19.4 Å². The molecule has 3 nitrogen and oxygen atoms in total. The maximum absolute atomic E-state index is 11.1. The first-order valence-corrected chi connectivity index (χ1v) is 6.37. The van der Waals surface area contributed by atoms with E-state index < -0.39 is 9.84 Å². The molecule has 0 bridgehead atoms. The Kier molecular flexibility index (Phi) is 1.92. The monoisotopic (exact) mass is 189 g/mol. The number of nitrogens with two attached hydrogens (primary N) is 1. The molecular weight excluding hydrogens is 174 g/mol. The van der Waals surface area contributed by atoms with Gasteiger partial charge in [0.15, 0.2) is 9.84 Å². The third-order valence-corrected chi connectivity index (χ3v) is 4.93. The highest BCUT2D eigenvalue weighted by Gasteiger charge is 2.57. The van der Waals surface area contributed by atoms with Crippen molar-refractivity contribution in [3.63, 3.8) is 0 Å². The number of hydrogen-bond donors (Lipinski definition) is 1. The first-order chi connectivity index (χ1) is 5.64. The van der Waals surface area contributed by atoms with Gasteiger partial charge in [0.1, 0.15) is 0 Å². The molecule has 0 aromatic rings. The highest BCUT2D eigenvalue weighted by atomic mass is 32.2. The fourth-order valence-electron chi connectivity index (χ4n) is 2.45. The van der Waals surface area contributed by atoms with Crippen LogP contribution >= 0.6 is 0 Å². The van der Waals surface area contributed by atoms with Crippen LogP contribution in [0.1, 0.15) is 12.8 Å². The van der Waals surface area contributed by atoms with Crippen LogP contribution in [0.15, 0.2) is 0 Å². The molecule has 0 aromatic heterocycles. The van der Waals surface area contributed by atoms with Gasteiger partial charge in [-0.3, -0.25) is 0 Å². The van der Waals surface area contributed by atoms with Gasteiger partial charge in [-0.2, -0.15) is 0 Å². The van der Waals surface area contributed by atoms with E-state index in [1.165, 1.54) is 0 Å². The zero-order valence-electron chi connectivity index (χ0n) is 7.07. The lowest BCUT2D eigenvalue weighted by molar-refractivity contribution is 0.573. The molecule has 0 radical (unpaired) electrons. The van der Waals surface area contributed by atoms with Crippen LogP contribution in [0.3, 0.4) is 0 Å². The lowest BCUT2D eigenvalue weighted by atomic mass is 10.2. The van der Waals surface area contributed by atoms with Crippen LogP contribution in [0.4, 0.5) is 0 Å². The predicted molar refractivity (Wildman–Crippen MR) is 47.4 cm³/mol. The number of rotatable bonds is 3. The van der Waals surface area contributed by atoms with Gasteiger partial charge in [0.25, 0.3) is 0 Å². The maximum Gasteiger partial charge on any atom is 0.150 e. The fraction of sp³-hybridized carbons (Fsp3) is 1.00. The molecule has 2 rings (SSSR count). The Balaban J connectivity index is 1.84. The van der Waals surface area contributed by atoms with Crippen LogP contribution in [0.2, 0.25) is 0 Å². The Bertz CT molecular complexity index is 255. The highest BCUT2D eigenvalue weighted by molar-refractivity contribution is 7.91. The van der Waals surface area contributed by atoms with Crippen molar-refractivity contribution in [3.8, 4) is 0 Å². The molecule has 1 aliphatic carbocycles. The smallest absolute Gasteiger partial charge is 0.150 e. The summed E-state index contributed by atoms with van der Waals surface area (Å²) in [4.78, 5) is 0. The van der Waals surface area contributed by atoms with E-state index in [0.29, 0.717) is 29.3 Å². The second kappa shape index (κ2) is 2.70. The predicted octanol–water partition coefficient (Wildman–Crippen LogP) is 0.0159. The Hall–Kier alpha value is -0.0900. The summed E-state index contributed by atoms with van der Waals surface area (Å²) in [6.45, 7) is 0.739. The van der Waals surface area contributed by atoms with Gasteiger partial charge >= 0.3 is 0 Å². The van der Waals surface area contributed by atoms with Crippen LogP contribution in [-0.4, -0.2) is 26.5 Å². The first kappa shape index (κ1) is 8.51. The van der Waals surface area contributed by atoms with Gasteiger partial charge in [-0.15, -0.1) is 0 Å². The minimum atomic E-state index is -2.63. The molecule has 12 heavy (non-hydrogen) atoms. The SMILES string of the molecule is NCCCC1C2CS(=O)(=O)CC12. The molecule has 1 heterocycles. The molecule has 2 atom stereocenters.